The van der Waals surface area contributed by atoms with E-state index in [1.807, 2.05) is 0 Å². The van der Waals surface area contributed by atoms with Gasteiger partial charge in [0.1, 0.15) is 5.78 Å². The molecule has 2 aliphatic carbocycles. The van der Waals surface area contributed by atoms with E-state index in [1.54, 1.807) is 0 Å². The first-order valence-corrected chi connectivity index (χ1v) is 5.33. The van der Waals surface area contributed by atoms with Crippen LogP contribution in [0.1, 0.15) is 51.9 Å². The smallest absolute Gasteiger partial charge is 0.142 e. The summed E-state index contributed by atoms with van der Waals surface area (Å²) in [6, 6.07) is 0. The van der Waals surface area contributed by atoms with Crippen LogP contribution in [0.2, 0.25) is 0 Å². The molecule has 0 heterocycles. The Morgan fingerprint density at radius 3 is 2.33 bits per heavy atom. The number of hydrogen-bond donors (Lipinski definition) is 0. The van der Waals surface area contributed by atoms with Crippen molar-refractivity contribution in [3.63, 3.8) is 0 Å². The highest BCUT2D eigenvalue weighted by Crippen LogP contribution is 2.47. The predicted molar refractivity (Wildman–Crippen MR) is 48.9 cm³/mol. The van der Waals surface area contributed by atoms with Gasteiger partial charge in [0.15, 0.2) is 0 Å². The third kappa shape index (κ3) is 1.19. The summed E-state index contributed by atoms with van der Waals surface area (Å²) in [5, 5.41) is 0. The molecule has 0 saturated heterocycles. The summed E-state index contributed by atoms with van der Waals surface area (Å²) < 4.78 is 0. The minimum Gasteiger partial charge on any atom is -0.299 e. The van der Waals surface area contributed by atoms with Gasteiger partial charge >= 0.3 is 0 Å². The lowest BCUT2D eigenvalue weighted by atomic mass is 9.77. The van der Waals surface area contributed by atoms with E-state index in [0.29, 0.717) is 11.7 Å². The lowest BCUT2D eigenvalue weighted by molar-refractivity contribution is -0.130. The first-order valence-electron chi connectivity index (χ1n) is 5.33. The molecular weight excluding hydrogens is 148 g/mol. The van der Waals surface area contributed by atoms with E-state index in [0.717, 1.165) is 6.42 Å². The van der Waals surface area contributed by atoms with Gasteiger partial charge < -0.3 is 0 Å². The van der Waals surface area contributed by atoms with Crippen molar-refractivity contribution in [1.82, 2.24) is 0 Å². The SMILES string of the molecule is CCC1(C(=O)C2CC2)CCCC1. The van der Waals surface area contributed by atoms with Gasteiger partial charge in [0, 0.05) is 11.3 Å². The molecule has 0 bridgehead atoms. The Morgan fingerprint density at radius 1 is 1.33 bits per heavy atom. The zero-order chi connectivity index (χ0) is 8.60. The topological polar surface area (TPSA) is 17.1 Å². The van der Waals surface area contributed by atoms with Gasteiger partial charge in [0.2, 0.25) is 0 Å². The third-order valence-corrected chi connectivity index (χ3v) is 3.71. The molecule has 12 heavy (non-hydrogen) atoms. The second-order valence-electron chi connectivity index (χ2n) is 4.48. The standard InChI is InChI=1S/C11H18O/c1-2-11(7-3-4-8-11)10(12)9-5-6-9/h9H,2-8H2,1H3. The van der Waals surface area contributed by atoms with Crippen molar-refractivity contribution in [2.24, 2.45) is 11.3 Å². The normalized spacial score (nSPS) is 27.4. The molecule has 0 N–H and O–H groups in total. The van der Waals surface area contributed by atoms with E-state index >= 15 is 0 Å². The van der Waals surface area contributed by atoms with Gasteiger partial charge in [-0.3, -0.25) is 4.79 Å². The summed E-state index contributed by atoms with van der Waals surface area (Å²) in [5.41, 5.74) is 0.140. The van der Waals surface area contributed by atoms with E-state index in [1.165, 1.54) is 38.5 Å². The molecule has 2 fully saturated rings. The van der Waals surface area contributed by atoms with Crippen LogP contribution in [0.4, 0.5) is 0 Å². The van der Waals surface area contributed by atoms with Gasteiger partial charge in [0.25, 0.3) is 0 Å². The average Bonchev–Trinajstić information content (AvgIpc) is 2.83. The van der Waals surface area contributed by atoms with Crippen LogP contribution in [-0.4, -0.2) is 5.78 Å². The zero-order valence-corrected chi connectivity index (χ0v) is 7.94. The molecule has 0 aromatic heterocycles. The Morgan fingerprint density at radius 2 is 1.92 bits per heavy atom. The van der Waals surface area contributed by atoms with Crippen molar-refractivity contribution < 1.29 is 4.79 Å². The fourth-order valence-electron chi connectivity index (χ4n) is 2.60. The van der Waals surface area contributed by atoms with Crippen LogP contribution in [0.3, 0.4) is 0 Å². The van der Waals surface area contributed by atoms with Crippen molar-refractivity contribution >= 4 is 5.78 Å². The maximum Gasteiger partial charge on any atom is 0.142 e. The minimum atomic E-state index is 0.140. The molecule has 0 unspecified atom stereocenters. The maximum absolute atomic E-state index is 12.0. The number of ketones is 1. The summed E-state index contributed by atoms with van der Waals surface area (Å²) in [7, 11) is 0. The molecule has 0 aliphatic heterocycles. The Kier molecular flexibility index (Phi) is 1.97. The summed E-state index contributed by atoms with van der Waals surface area (Å²) in [4.78, 5) is 12.0. The van der Waals surface area contributed by atoms with Crippen molar-refractivity contribution in [2.45, 2.75) is 51.9 Å². The predicted octanol–water partition coefficient (Wildman–Crippen LogP) is 2.94. The first-order chi connectivity index (χ1) is 5.78. The fourth-order valence-corrected chi connectivity index (χ4v) is 2.60. The summed E-state index contributed by atoms with van der Waals surface area (Å²) in [6.45, 7) is 2.19. The van der Waals surface area contributed by atoms with E-state index < -0.39 is 0 Å². The Balaban J connectivity index is 2.09. The summed E-state index contributed by atoms with van der Waals surface area (Å²) in [6.07, 6.45) is 8.37. The highest BCUT2D eigenvalue weighted by atomic mass is 16.1. The van der Waals surface area contributed by atoms with Crippen molar-refractivity contribution in [3.05, 3.63) is 0 Å². The molecule has 0 aromatic carbocycles. The van der Waals surface area contributed by atoms with Gasteiger partial charge in [0.05, 0.1) is 0 Å². The Bertz CT molecular complexity index is 185. The number of rotatable bonds is 3. The number of carbonyl (C=O) groups excluding carboxylic acids is 1. The summed E-state index contributed by atoms with van der Waals surface area (Å²) >= 11 is 0. The van der Waals surface area contributed by atoms with Crippen LogP contribution < -0.4 is 0 Å². The van der Waals surface area contributed by atoms with Crippen LogP contribution in [0.5, 0.6) is 0 Å². The van der Waals surface area contributed by atoms with Gasteiger partial charge in [-0.1, -0.05) is 19.8 Å². The lowest BCUT2D eigenvalue weighted by Crippen LogP contribution is -2.28. The summed E-state index contributed by atoms with van der Waals surface area (Å²) in [5.74, 6) is 1.09. The van der Waals surface area contributed by atoms with Crippen molar-refractivity contribution in [3.8, 4) is 0 Å². The second-order valence-corrected chi connectivity index (χ2v) is 4.48. The molecule has 68 valence electrons. The van der Waals surface area contributed by atoms with Crippen molar-refractivity contribution in [1.29, 1.82) is 0 Å². The zero-order valence-electron chi connectivity index (χ0n) is 7.94. The molecular formula is C11H18O. The highest BCUT2D eigenvalue weighted by Gasteiger charge is 2.45. The molecule has 1 nitrogen and oxygen atoms in total. The average molecular weight is 166 g/mol. The van der Waals surface area contributed by atoms with E-state index in [4.69, 9.17) is 0 Å². The molecule has 2 aliphatic rings. The van der Waals surface area contributed by atoms with Crippen LogP contribution in [-0.2, 0) is 4.79 Å². The molecule has 0 amide bonds. The number of carbonyl (C=O) groups is 1. The third-order valence-electron chi connectivity index (χ3n) is 3.71. The molecule has 0 aromatic rings. The first kappa shape index (κ1) is 8.28. The Labute approximate surface area is 74.5 Å². The largest absolute Gasteiger partial charge is 0.299 e. The molecule has 2 saturated carbocycles. The highest BCUT2D eigenvalue weighted by molar-refractivity contribution is 5.89. The molecule has 0 atom stereocenters. The van der Waals surface area contributed by atoms with E-state index in [2.05, 4.69) is 6.92 Å². The molecule has 0 radical (unpaired) electrons. The van der Waals surface area contributed by atoms with Crippen LogP contribution >= 0.6 is 0 Å². The van der Waals surface area contributed by atoms with Gasteiger partial charge in [-0.05, 0) is 32.1 Å². The van der Waals surface area contributed by atoms with E-state index in [-0.39, 0.29) is 5.41 Å². The van der Waals surface area contributed by atoms with Gasteiger partial charge in [-0.25, -0.2) is 0 Å². The lowest BCUT2D eigenvalue weighted by Gasteiger charge is -2.25. The fraction of sp³-hybridized carbons (Fsp3) is 0.909. The number of Topliss-reactive ketones (excluding diaryl/α,β-unsaturated/α-hetero) is 1. The molecule has 0 spiro atoms. The molecule has 1 heteroatoms. The Hall–Kier alpha value is -0.330. The van der Waals surface area contributed by atoms with Crippen LogP contribution in [0, 0.1) is 11.3 Å². The minimum absolute atomic E-state index is 0.140. The van der Waals surface area contributed by atoms with Crippen LogP contribution in [0.25, 0.3) is 0 Å². The van der Waals surface area contributed by atoms with Crippen LogP contribution in [0.15, 0.2) is 0 Å². The monoisotopic (exact) mass is 166 g/mol. The maximum atomic E-state index is 12.0. The molecule has 2 rings (SSSR count). The van der Waals surface area contributed by atoms with Crippen molar-refractivity contribution in [2.75, 3.05) is 0 Å². The number of hydrogen-bond acceptors (Lipinski definition) is 1. The van der Waals surface area contributed by atoms with Gasteiger partial charge in [-0.2, -0.15) is 0 Å². The van der Waals surface area contributed by atoms with E-state index in [9.17, 15) is 4.79 Å². The second kappa shape index (κ2) is 2.86. The quantitative estimate of drug-likeness (QED) is 0.630. The van der Waals surface area contributed by atoms with Gasteiger partial charge in [-0.15, -0.1) is 0 Å².